The van der Waals surface area contributed by atoms with E-state index in [4.69, 9.17) is 9.72 Å². The molecule has 3 rings (SSSR count). The van der Waals surface area contributed by atoms with Crippen LogP contribution in [0.5, 0.6) is 5.75 Å². The normalized spacial score (nSPS) is 11.2. The van der Waals surface area contributed by atoms with Crippen LogP contribution >= 0.6 is 11.3 Å². The lowest BCUT2D eigenvalue weighted by Crippen LogP contribution is -2.37. The molecule has 0 atom stereocenters. The van der Waals surface area contributed by atoms with E-state index in [0.717, 1.165) is 39.2 Å². The van der Waals surface area contributed by atoms with Crippen LogP contribution in [0.3, 0.4) is 0 Å². The van der Waals surface area contributed by atoms with Gasteiger partial charge in [-0.1, -0.05) is 29.0 Å². The standard InChI is InChI=1S/C21H25N3O2S/c1-14-6-7-15(2)17(12-14)20(25)24(11-10-23(3)4)21-22-18-9-8-16(26-5)13-19(18)27-21/h6-9,12-13H,10-11H2,1-5H3. The molecular weight excluding hydrogens is 358 g/mol. The summed E-state index contributed by atoms with van der Waals surface area (Å²) >= 11 is 1.52. The highest BCUT2D eigenvalue weighted by atomic mass is 32.1. The average Bonchev–Trinajstić information content (AvgIpc) is 3.06. The Hall–Kier alpha value is -2.44. The van der Waals surface area contributed by atoms with Crippen molar-refractivity contribution in [3.63, 3.8) is 0 Å². The number of likely N-dealkylation sites (N-methyl/N-ethyl adjacent to an activating group) is 1. The van der Waals surface area contributed by atoms with Crippen LogP contribution in [0.1, 0.15) is 21.5 Å². The Morgan fingerprint density at radius 3 is 2.59 bits per heavy atom. The molecular formula is C21H25N3O2S. The summed E-state index contributed by atoms with van der Waals surface area (Å²) in [6.45, 7) is 5.32. The molecule has 0 radical (unpaired) electrons. The number of aryl methyl sites for hydroxylation is 2. The number of fused-ring (bicyclic) bond motifs is 1. The number of carbonyl (C=O) groups excluding carboxylic acids is 1. The van der Waals surface area contributed by atoms with E-state index < -0.39 is 0 Å². The van der Waals surface area contributed by atoms with Crippen molar-refractivity contribution in [2.75, 3.05) is 39.2 Å². The van der Waals surface area contributed by atoms with Gasteiger partial charge in [-0.05, 0) is 57.8 Å². The summed E-state index contributed by atoms with van der Waals surface area (Å²) in [5.41, 5.74) is 3.65. The first-order valence-electron chi connectivity index (χ1n) is 8.87. The first kappa shape index (κ1) is 19.3. The third-order valence-electron chi connectivity index (χ3n) is 4.45. The highest BCUT2D eigenvalue weighted by Crippen LogP contribution is 2.32. The monoisotopic (exact) mass is 383 g/mol. The zero-order valence-electron chi connectivity index (χ0n) is 16.4. The van der Waals surface area contributed by atoms with Crippen molar-refractivity contribution in [2.45, 2.75) is 13.8 Å². The number of methoxy groups -OCH3 is 1. The number of nitrogens with zero attached hydrogens (tertiary/aromatic N) is 3. The molecule has 1 amide bonds. The van der Waals surface area contributed by atoms with Gasteiger partial charge in [0.2, 0.25) is 0 Å². The van der Waals surface area contributed by atoms with Crippen molar-refractivity contribution < 1.29 is 9.53 Å². The number of thiazole rings is 1. The molecule has 0 saturated carbocycles. The predicted octanol–water partition coefficient (Wildman–Crippen LogP) is 4.13. The van der Waals surface area contributed by atoms with Gasteiger partial charge in [0.1, 0.15) is 5.75 Å². The third kappa shape index (κ3) is 4.28. The molecule has 0 aliphatic carbocycles. The average molecular weight is 384 g/mol. The molecule has 0 unspecified atom stereocenters. The highest BCUT2D eigenvalue weighted by Gasteiger charge is 2.23. The number of hydrogen-bond acceptors (Lipinski definition) is 5. The van der Waals surface area contributed by atoms with Crippen LogP contribution in [0, 0.1) is 13.8 Å². The molecule has 0 aliphatic heterocycles. The molecule has 142 valence electrons. The smallest absolute Gasteiger partial charge is 0.260 e. The fraction of sp³-hybridized carbons (Fsp3) is 0.333. The molecule has 0 fully saturated rings. The van der Waals surface area contributed by atoms with Crippen molar-refractivity contribution in [1.29, 1.82) is 0 Å². The lowest BCUT2D eigenvalue weighted by molar-refractivity contribution is 0.0984. The van der Waals surface area contributed by atoms with Gasteiger partial charge in [0.25, 0.3) is 5.91 Å². The summed E-state index contributed by atoms with van der Waals surface area (Å²) in [4.78, 5) is 22.0. The zero-order chi connectivity index (χ0) is 19.6. The maximum absolute atomic E-state index is 13.4. The Morgan fingerprint density at radius 2 is 1.89 bits per heavy atom. The maximum Gasteiger partial charge on any atom is 0.260 e. The minimum absolute atomic E-state index is 0.0101. The number of benzene rings is 2. The van der Waals surface area contributed by atoms with Crippen molar-refractivity contribution in [2.24, 2.45) is 0 Å². The first-order chi connectivity index (χ1) is 12.9. The van der Waals surface area contributed by atoms with Gasteiger partial charge >= 0.3 is 0 Å². The highest BCUT2D eigenvalue weighted by molar-refractivity contribution is 7.22. The molecule has 0 saturated heterocycles. The number of aromatic nitrogens is 1. The van der Waals surface area contributed by atoms with E-state index >= 15 is 0 Å². The van der Waals surface area contributed by atoms with E-state index in [1.807, 2.05) is 64.3 Å². The fourth-order valence-corrected chi connectivity index (χ4v) is 3.85. The number of ether oxygens (including phenoxy) is 1. The van der Waals surface area contributed by atoms with Gasteiger partial charge in [0.15, 0.2) is 5.13 Å². The minimum Gasteiger partial charge on any atom is -0.497 e. The topological polar surface area (TPSA) is 45.7 Å². The molecule has 0 N–H and O–H groups in total. The summed E-state index contributed by atoms with van der Waals surface area (Å²) in [6, 6.07) is 11.8. The summed E-state index contributed by atoms with van der Waals surface area (Å²) < 4.78 is 6.32. The van der Waals surface area contributed by atoms with Gasteiger partial charge in [-0.2, -0.15) is 0 Å². The predicted molar refractivity (Wildman–Crippen MR) is 112 cm³/mol. The molecule has 1 heterocycles. The number of carbonyl (C=O) groups is 1. The molecule has 1 aromatic heterocycles. The van der Waals surface area contributed by atoms with Gasteiger partial charge in [0.05, 0.1) is 17.3 Å². The Morgan fingerprint density at radius 1 is 1.11 bits per heavy atom. The van der Waals surface area contributed by atoms with Crippen LogP contribution in [0.2, 0.25) is 0 Å². The van der Waals surface area contributed by atoms with Gasteiger partial charge in [-0.15, -0.1) is 0 Å². The Kier molecular flexibility index (Phi) is 5.77. The van der Waals surface area contributed by atoms with Gasteiger partial charge in [0, 0.05) is 18.7 Å². The summed E-state index contributed by atoms with van der Waals surface area (Å²) in [6.07, 6.45) is 0. The van der Waals surface area contributed by atoms with E-state index in [2.05, 4.69) is 4.90 Å². The van der Waals surface area contributed by atoms with Crippen LogP contribution in [0.25, 0.3) is 10.2 Å². The van der Waals surface area contributed by atoms with E-state index in [9.17, 15) is 4.79 Å². The largest absolute Gasteiger partial charge is 0.497 e. The Labute approximate surface area is 164 Å². The molecule has 0 aliphatic rings. The second-order valence-electron chi connectivity index (χ2n) is 6.91. The second-order valence-corrected chi connectivity index (χ2v) is 7.92. The van der Waals surface area contributed by atoms with E-state index in [1.165, 1.54) is 11.3 Å². The van der Waals surface area contributed by atoms with Crippen LogP contribution in [-0.4, -0.2) is 50.1 Å². The van der Waals surface area contributed by atoms with Crippen LogP contribution in [-0.2, 0) is 0 Å². The molecule has 5 nitrogen and oxygen atoms in total. The minimum atomic E-state index is -0.0101. The van der Waals surface area contributed by atoms with Gasteiger partial charge in [-0.25, -0.2) is 4.98 Å². The van der Waals surface area contributed by atoms with Crippen molar-refractivity contribution in [1.82, 2.24) is 9.88 Å². The summed E-state index contributed by atoms with van der Waals surface area (Å²) in [5.74, 6) is 0.780. The summed E-state index contributed by atoms with van der Waals surface area (Å²) in [7, 11) is 5.66. The van der Waals surface area contributed by atoms with Crippen LogP contribution < -0.4 is 9.64 Å². The van der Waals surface area contributed by atoms with Crippen LogP contribution in [0.15, 0.2) is 36.4 Å². The molecule has 0 bridgehead atoms. The first-order valence-corrected chi connectivity index (χ1v) is 9.69. The molecule has 0 spiro atoms. The van der Waals surface area contributed by atoms with Gasteiger partial charge in [-0.3, -0.25) is 9.69 Å². The van der Waals surface area contributed by atoms with Gasteiger partial charge < -0.3 is 9.64 Å². The van der Waals surface area contributed by atoms with E-state index in [-0.39, 0.29) is 5.91 Å². The molecule has 2 aromatic carbocycles. The molecule has 6 heteroatoms. The Balaban J connectivity index is 2.02. The lowest BCUT2D eigenvalue weighted by atomic mass is 10.0. The molecule has 3 aromatic rings. The summed E-state index contributed by atoms with van der Waals surface area (Å²) in [5, 5.41) is 0.714. The molecule has 27 heavy (non-hydrogen) atoms. The van der Waals surface area contributed by atoms with Crippen molar-refractivity contribution >= 4 is 32.6 Å². The maximum atomic E-state index is 13.4. The fourth-order valence-electron chi connectivity index (χ4n) is 2.83. The quantitative estimate of drug-likeness (QED) is 0.642. The van der Waals surface area contributed by atoms with E-state index in [0.29, 0.717) is 11.7 Å². The number of amides is 1. The number of hydrogen-bond donors (Lipinski definition) is 0. The Bertz CT molecular complexity index is 965. The van der Waals surface area contributed by atoms with Crippen LogP contribution in [0.4, 0.5) is 5.13 Å². The van der Waals surface area contributed by atoms with Crippen molar-refractivity contribution in [3.05, 3.63) is 53.1 Å². The zero-order valence-corrected chi connectivity index (χ0v) is 17.3. The number of rotatable bonds is 6. The SMILES string of the molecule is COc1ccc2nc(N(CCN(C)C)C(=O)c3cc(C)ccc3C)sc2c1. The van der Waals surface area contributed by atoms with E-state index in [1.54, 1.807) is 12.0 Å². The third-order valence-corrected chi connectivity index (χ3v) is 5.50. The van der Waals surface area contributed by atoms with Crippen molar-refractivity contribution in [3.8, 4) is 5.75 Å². The lowest BCUT2D eigenvalue weighted by Gasteiger charge is -2.23. The second kappa shape index (κ2) is 8.06. The number of anilines is 1.